The summed E-state index contributed by atoms with van der Waals surface area (Å²) in [6, 6.07) is 4.75. The lowest BCUT2D eigenvalue weighted by molar-refractivity contribution is 0.243. The van der Waals surface area contributed by atoms with E-state index in [-0.39, 0.29) is 11.0 Å². The number of sulfone groups is 1. The maximum absolute atomic E-state index is 11.9. The van der Waals surface area contributed by atoms with Crippen LogP contribution in [0, 0.1) is 6.92 Å². The number of rotatable bonds is 6. The van der Waals surface area contributed by atoms with Crippen molar-refractivity contribution in [3.8, 4) is 16.3 Å². The molecule has 7 nitrogen and oxygen atoms in total. The Kier molecular flexibility index (Phi) is 5.41. The lowest BCUT2D eigenvalue weighted by Crippen LogP contribution is -2.08. The second kappa shape index (κ2) is 7.45. The number of hydrogen-bond acceptors (Lipinski definition) is 9. The van der Waals surface area contributed by atoms with Gasteiger partial charge in [-0.3, -0.25) is 0 Å². The molecular formula is C17H20N4O3S3. The van der Waals surface area contributed by atoms with Gasteiger partial charge in [-0.25, -0.2) is 18.4 Å². The van der Waals surface area contributed by atoms with Gasteiger partial charge in [0.15, 0.2) is 20.1 Å². The first-order valence-corrected chi connectivity index (χ1v) is 11.7. The molecule has 10 heteroatoms. The van der Waals surface area contributed by atoms with Crippen LogP contribution in [0.1, 0.15) is 19.5 Å². The quantitative estimate of drug-likeness (QED) is 0.613. The topological polar surface area (TPSA) is 107 Å². The molecule has 3 rings (SSSR count). The SMILES string of the molecule is Cc1nc(N)sc1-c1csc(Nc2cc(S(C)(=O)=O)ccc2OC(C)C)n1. The number of nitrogens with two attached hydrogens (primary N) is 1. The zero-order chi connectivity index (χ0) is 19.8. The standard InChI is InChI=1S/C17H20N4O3S3/c1-9(2)24-14-6-5-11(27(4,22)23)7-12(14)20-17-21-13(8-25-17)15-10(3)19-16(18)26-15/h5-9H,1-4H3,(H2,18,19)(H,20,21). The number of hydrogen-bond donors (Lipinski definition) is 2. The lowest BCUT2D eigenvalue weighted by Gasteiger charge is -2.15. The van der Waals surface area contributed by atoms with Gasteiger partial charge in [0, 0.05) is 11.6 Å². The van der Waals surface area contributed by atoms with Crippen LogP contribution in [-0.4, -0.2) is 30.7 Å². The van der Waals surface area contributed by atoms with Crippen molar-refractivity contribution < 1.29 is 13.2 Å². The minimum atomic E-state index is -3.34. The third-order valence-electron chi connectivity index (χ3n) is 3.53. The average molecular weight is 425 g/mol. The van der Waals surface area contributed by atoms with Gasteiger partial charge < -0.3 is 15.8 Å². The summed E-state index contributed by atoms with van der Waals surface area (Å²) in [5.41, 5.74) is 7.92. The minimum absolute atomic E-state index is 0.0516. The number of benzene rings is 1. The summed E-state index contributed by atoms with van der Waals surface area (Å²) in [4.78, 5) is 9.93. The number of thiazole rings is 2. The molecule has 144 valence electrons. The fraction of sp³-hybridized carbons (Fsp3) is 0.294. The summed E-state index contributed by atoms with van der Waals surface area (Å²) in [6.07, 6.45) is 1.12. The number of aryl methyl sites for hydroxylation is 1. The van der Waals surface area contributed by atoms with Crippen molar-refractivity contribution in [1.82, 2.24) is 9.97 Å². The molecule has 0 saturated heterocycles. The Morgan fingerprint density at radius 2 is 2.00 bits per heavy atom. The highest BCUT2D eigenvalue weighted by molar-refractivity contribution is 7.90. The Hall–Kier alpha value is -2.17. The van der Waals surface area contributed by atoms with E-state index in [1.807, 2.05) is 26.2 Å². The van der Waals surface area contributed by atoms with E-state index >= 15 is 0 Å². The maximum Gasteiger partial charge on any atom is 0.187 e. The third-order valence-corrected chi connectivity index (χ3v) is 6.41. The Morgan fingerprint density at radius 3 is 2.59 bits per heavy atom. The highest BCUT2D eigenvalue weighted by Crippen LogP contribution is 2.36. The molecule has 3 N–H and O–H groups in total. The molecule has 2 heterocycles. The van der Waals surface area contributed by atoms with E-state index < -0.39 is 9.84 Å². The minimum Gasteiger partial charge on any atom is -0.489 e. The molecule has 27 heavy (non-hydrogen) atoms. The van der Waals surface area contributed by atoms with Crippen LogP contribution in [0.15, 0.2) is 28.5 Å². The number of aromatic nitrogens is 2. The summed E-state index contributed by atoms with van der Waals surface area (Å²) in [7, 11) is -3.34. The van der Waals surface area contributed by atoms with Gasteiger partial charge in [-0.1, -0.05) is 11.3 Å². The van der Waals surface area contributed by atoms with Crippen molar-refractivity contribution >= 4 is 48.5 Å². The molecule has 0 radical (unpaired) electrons. The van der Waals surface area contributed by atoms with Crippen LogP contribution in [0.25, 0.3) is 10.6 Å². The molecule has 0 spiro atoms. The van der Waals surface area contributed by atoms with E-state index in [2.05, 4.69) is 15.3 Å². The average Bonchev–Trinajstić information content (AvgIpc) is 3.13. The molecule has 0 fully saturated rings. The highest BCUT2D eigenvalue weighted by Gasteiger charge is 2.16. The monoisotopic (exact) mass is 424 g/mol. The van der Waals surface area contributed by atoms with E-state index in [0.29, 0.717) is 21.7 Å². The van der Waals surface area contributed by atoms with E-state index in [9.17, 15) is 8.42 Å². The highest BCUT2D eigenvalue weighted by atomic mass is 32.2. The molecule has 0 aliphatic heterocycles. The smallest absolute Gasteiger partial charge is 0.187 e. The molecule has 3 aromatic rings. The van der Waals surface area contributed by atoms with Gasteiger partial charge in [-0.05, 0) is 39.0 Å². The molecule has 2 aromatic heterocycles. The van der Waals surface area contributed by atoms with Gasteiger partial charge in [0.2, 0.25) is 0 Å². The second-order valence-electron chi connectivity index (χ2n) is 6.23. The van der Waals surface area contributed by atoms with Crippen LogP contribution in [0.3, 0.4) is 0 Å². The van der Waals surface area contributed by atoms with Gasteiger partial charge in [0.25, 0.3) is 0 Å². The van der Waals surface area contributed by atoms with Crippen LogP contribution in [-0.2, 0) is 9.84 Å². The fourth-order valence-electron chi connectivity index (χ4n) is 2.40. The Labute approximate surface area is 166 Å². The molecule has 0 saturated carbocycles. The number of nitrogens with one attached hydrogen (secondary N) is 1. The summed E-state index contributed by atoms with van der Waals surface area (Å²) in [6.45, 7) is 5.71. The zero-order valence-electron chi connectivity index (χ0n) is 15.3. The molecular weight excluding hydrogens is 404 g/mol. The molecule has 0 atom stereocenters. The van der Waals surface area contributed by atoms with Gasteiger partial charge in [-0.2, -0.15) is 0 Å². The van der Waals surface area contributed by atoms with E-state index in [1.54, 1.807) is 12.1 Å². The number of nitrogens with zero attached hydrogens (tertiary/aromatic N) is 2. The van der Waals surface area contributed by atoms with Gasteiger partial charge in [-0.15, -0.1) is 11.3 Å². The van der Waals surface area contributed by atoms with Crippen molar-refractivity contribution in [2.45, 2.75) is 31.8 Å². The van der Waals surface area contributed by atoms with Gasteiger partial charge >= 0.3 is 0 Å². The first-order valence-electron chi connectivity index (χ1n) is 8.10. The van der Waals surface area contributed by atoms with Crippen molar-refractivity contribution in [2.75, 3.05) is 17.3 Å². The molecule has 0 aliphatic carbocycles. The predicted molar refractivity (Wildman–Crippen MR) is 111 cm³/mol. The Bertz CT molecular complexity index is 1070. The molecule has 0 unspecified atom stereocenters. The van der Waals surface area contributed by atoms with Crippen molar-refractivity contribution in [3.05, 3.63) is 29.3 Å². The fourth-order valence-corrected chi connectivity index (χ4v) is 4.63. The van der Waals surface area contributed by atoms with Crippen LogP contribution >= 0.6 is 22.7 Å². The van der Waals surface area contributed by atoms with Crippen molar-refractivity contribution in [1.29, 1.82) is 0 Å². The lowest BCUT2D eigenvalue weighted by atomic mass is 10.3. The van der Waals surface area contributed by atoms with Crippen molar-refractivity contribution in [2.24, 2.45) is 0 Å². The van der Waals surface area contributed by atoms with E-state index in [0.717, 1.165) is 16.3 Å². The van der Waals surface area contributed by atoms with Crippen LogP contribution in [0.2, 0.25) is 0 Å². The van der Waals surface area contributed by atoms with E-state index in [4.69, 9.17) is 10.5 Å². The molecule has 0 amide bonds. The molecule has 0 aliphatic rings. The number of ether oxygens (including phenoxy) is 1. The predicted octanol–water partition coefficient (Wildman–Crippen LogP) is 4.09. The number of anilines is 3. The van der Waals surface area contributed by atoms with Crippen LogP contribution in [0.4, 0.5) is 16.0 Å². The summed E-state index contributed by atoms with van der Waals surface area (Å²) >= 11 is 2.79. The number of nitrogen functional groups attached to an aromatic ring is 1. The Balaban J connectivity index is 1.95. The van der Waals surface area contributed by atoms with Crippen molar-refractivity contribution in [3.63, 3.8) is 0 Å². The summed E-state index contributed by atoms with van der Waals surface area (Å²) in [5.74, 6) is 0.562. The summed E-state index contributed by atoms with van der Waals surface area (Å²) < 4.78 is 29.6. The van der Waals surface area contributed by atoms with E-state index in [1.165, 1.54) is 35.0 Å². The largest absolute Gasteiger partial charge is 0.489 e. The zero-order valence-corrected chi connectivity index (χ0v) is 17.8. The van der Waals surface area contributed by atoms with Gasteiger partial charge in [0.05, 0.1) is 33.0 Å². The summed E-state index contributed by atoms with van der Waals surface area (Å²) in [5, 5.41) is 6.21. The first kappa shape index (κ1) is 19.6. The second-order valence-corrected chi connectivity index (χ2v) is 10.1. The molecule has 0 bridgehead atoms. The maximum atomic E-state index is 11.9. The molecule has 1 aromatic carbocycles. The van der Waals surface area contributed by atoms with Gasteiger partial charge in [0.1, 0.15) is 5.75 Å². The third kappa shape index (κ3) is 4.57. The first-order chi connectivity index (χ1) is 12.6. The van der Waals surface area contributed by atoms with Crippen LogP contribution in [0.5, 0.6) is 5.75 Å². The normalized spacial score (nSPS) is 11.7. The van der Waals surface area contributed by atoms with Crippen LogP contribution < -0.4 is 15.8 Å². The Morgan fingerprint density at radius 1 is 1.26 bits per heavy atom.